The number of nitrogens with zero attached hydrogens (tertiary/aromatic N) is 1. The molecule has 1 saturated heterocycles. The maximum Gasteiger partial charge on any atom is 0.0829 e. The molecule has 0 spiro atoms. The number of rotatable bonds is 14. The first-order valence-electron chi connectivity index (χ1n) is 10.7. The van der Waals surface area contributed by atoms with Gasteiger partial charge in [-0.3, -0.25) is 4.90 Å². The minimum atomic E-state index is 0.277. The largest absolute Gasteiger partial charge is 0.381 e. The maximum absolute atomic E-state index is 5.92. The lowest BCUT2D eigenvalue weighted by atomic mass is 9.99. The van der Waals surface area contributed by atoms with E-state index in [1.807, 2.05) is 0 Å². The summed E-state index contributed by atoms with van der Waals surface area (Å²) in [5.41, 5.74) is 0.565. The predicted octanol–water partition coefficient (Wildman–Crippen LogP) is 4.91. The van der Waals surface area contributed by atoms with E-state index in [-0.39, 0.29) is 11.0 Å². The molecular weight excluding hydrogens is 326 g/mol. The van der Waals surface area contributed by atoms with Crippen LogP contribution < -0.4 is 0 Å². The van der Waals surface area contributed by atoms with Crippen LogP contribution in [0.25, 0.3) is 0 Å². The van der Waals surface area contributed by atoms with Crippen LogP contribution in [-0.4, -0.2) is 62.7 Å². The van der Waals surface area contributed by atoms with Gasteiger partial charge in [-0.25, -0.2) is 0 Å². The zero-order chi connectivity index (χ0) is 19.5. The first-order valence-corrected chi connectivity index (χ1v) is 10.7. The van der Waals surface area contributed by atoms with Gasteiger partial charge in [0.15, 0.2) is 0 Å². The molecule has 0 aromatic heterocycles. The molecule has 1 heterocycles. The lowest BCUT2D eigenvalue weighted by Gasteiger charge is -2.47. The van der Waals surface area contributed by atoms with Gasteiger partial charge in [-0.1, -0.05) is 20.8 Å². The van der Waals surface area contributed by atoms with Crippen molar-refractivity contribution < 1.29 is 14.2 Å². The summed E-state index contributed by atoms with van der Waals surface area (Å²) in [6.45, 7) is 20.0. The summed E-state index contributed by atoms with van der Waals surface area (Å²) in [4.78, 5) is 2.47. The van der Waals surface area contributed by atoms with Crippen LogP contribution in [0.15, 0.2) is 0 Å². The number of unbranched alkanes of at least 4 members (excludes halogenated alkanes) is 4. The fourth-order valence-corrected chi connectivity index (χ4v) is 2.89. The zero-order valence-electron chi connectivity index (χ0n) is 18.4. The van der Waals surface area contributed by atoms with Crippen molar-refractivity contribution in [1.29, 1.82) is 0 Å². The van der Waals surface area contributed by atoms with Crippen molar-refractivity contribution in [2.24, 2.45) is 5.41 Å². The quantitative estimate of drug-likeness (QED) is 0.406. The molecule has 1 aliphatic rings. The predicted molar refractivity (Wildman–Crippen MR) is 110 cm³/mol. The van der Waals surface area contributed by atoms with Gasteiger partial charge in [0.1, 0.15) is 0 Å². The van der Waals surface area contributed by atoms with Crippen LogP contribution in [0.2, 0.25) is 0 Å². The van der Waals surface area contributed by atoms with Gasteiger partial charge in [0.2, 0.25) is 0 Å². The van der Waals surface area contributed by atoms with Gasteiger partial charge in [-0.05, 0) is 64.7 Å². The molecule has 1 rings (SSSR count). The van der Waals surface area contributed by atoms with Gasteiger partial charge in [-0.2, -0.15) is 0 Å². The first kappa shape index (κ1) is 23.9. The first-order chi connectivity index (χ1) is 12.2. The molecule has 0 radical (unpaired) electrons. The van der Waals surface area contributed by atoms with Crippen molar-refractivity contribution in [3.05, 3.63) is 0 Å². The Morgan fingerprint density at radius 2 is 1.19 bits per heavy atom. The second kappa shape index (κ2) is 12.3. The lowest BCUT2D eigenvalue weighted by Crippen LogP contribution is -2.59. The number of hydrogen-bond donors (Lipinski definition) is 0. The molecule has 0 aromatic carbocycles. The zero-order valence-corrected chi connectivity index (χ0v) is 18.4. The van der Waals surface area contributed by atoms with Crippen LogP contribution in [0.1, 0.15) is 80.1 Å². The van der Waals surface area contributed by atoms with E-state index in [2.05, 4.69) is 46.4 Å². The van der Waals surface area contributed by atoms with E-state index in [1.54, 1.807) is 0 Å². The third kappa shape index (κ3) is 12.3. The van der Waals surface area contributed by atoms with Gasteiger partial charge >= 0.3 is 0 Å². The molecule has 0 atom stereocenters. The molecule has 1 fully saturated rings. The van der Waals surface area contributed by atoms with Crippen LogP contribution in [-0.2, 0) is 14.2 Å². The summed E-state index contributed by atoms with van der Waals surface area (Å²) >= 11 is 0. The number of ether oxygens (including phenoxy) is 3. The summed E-state index contributed by atoms with van der Waals surface area (Å²) < 4.78 is 17.3. The second-order valence-corrected chi connectivity index (χ2v) is 9.92. The molecule has 0 unspecified atom stereocenters. The van der Waals surface area contributed by atoms with E-state index in [1.165, 1.54) is 12.8 Å². The minimum absolute atomic E-state index is 0.277. The van der Waals surface area contributed by atoms with Gasteiger partial charge < -0.3 is 14.2 Å². The van der Waals surface area contributed by atoms with Crippen LogP contribution in [0.3, 0.4) is 0 Å². The summed E-state index contributed by atoms with van der Waals surface area (Å²) in [6.07, 6.45) is 7.45. The molecule has 0 bridgehead atoms. The van der Waals surface area contributed by atoms with Crippen molar-refractivity contribution in [2.45, 2.75) is 91.7 Å². The van der Waals surface area contributed by atoms with Crippen molar-refractivity contribution in [2.75, 3.05) is 46.1 Å². The van der Waals surface area contributed by atoms with Crippen LogP contribution >= 0.6 is 0 Å². The molecule has 0 N–H and O–H groups in total. The van der Waals surface area contributed by atoms with Gasteiger partial charge in [0, 0.05) is 45.1 Å². The molecular formula is C22H45NO3. The SMILES string of the molecule is CC(C)(C)COCCCCCOCCCCCOC1CN(C(C)(C)C)C1. The Labute approximate surface area is 162 Å². The van der Waals surface area contributed by atoms with Crippen molar-refractivity contribution >= 4 is 0 Å². The van der Waals surface area contributed by atoms with E-state index in [0.717, 1.165) is 71.8 Å². The third-order valence-electron chi connectivity index (χ3n) is 4.70. The smallest absolute Gasteiger partial charge is 0.0829 e. The third-order valence-corrected chi connectivity index (χ3v) is 4.70. The van der Waals surface area contributed by atoms with E-state index < -0.39 is 0 Å². The summed E-state index contributed by atoms with van der Waals surface area (Å²) in [6, 6.07) is 0. The normalized spacial score (nSPS) is 16.8. The fraction of sp³-hybridized carbons (Fsp3) is 1.00. The highest BCUT2D eigenvalue weighted by Gasteiger charge is 2.34. The lowest BCUT2D eigenvalue weighted by molar-refractivity contribution is -0.0893. The van der Waals surface area contributed by atoms with Crippen LogP contribution in [0.5, 0.6) is 0 Å². The fourth-order valence-electron chi connectivity index (χ4n) is 2.89. The highest BCUT2D eigenvalue weighted by atomic mass is 16.5. The summed E-state index contributed by atoms with van der Waals surface area (Å²) in [7, 11) is 0. The number of hydrogen-bond acceptors (Lipinski definition) is 4. The van der Waals surface area contributed by atoms with Crippen molar-refractivity contribution in [3.63, 3.8) is 0 Å². The van der Waals surface area contributed by atoms with E-state index in [9.17, 15) is 0 Å². The van der Waals surface area contributed by atoms with E-state index in [4.69, 9.17) is 14.2 Å². The second-order valence-electron chi connectivity index (χ2n) is 9.92. The molecule has 0 aliphatic carbocycles. The Kier molecular flexibility index (Phi) is 11.3. The van der Waals surface area contributed by atoms with Crippen molar-refractivity contribution in [1.82, 2.24) is 4.90 Å². The minimum Gasteiger partial charge on any atom is -0.381 e. The highest BCUT2D eigenvalue weighted by Crippen LogP contribution is 2.22. The highest BCUT2D eigenvalue weighted by molar-refractivity contribution is 4.89. The molecule has 0 saturated carbocycles. The maximum atomic E-state index is 5.92. The average molecular weight is 372 g/mol. The Hall–Kier alpha value is -0.160. The monoisotopic (exact) mass is 371 g/mol. The van der Waals surface area contributed by atoms with Gasteiger partial charge in [-0.15, -0.1) is 0 Å². The van der Waals surface area contributed by atoms with E-state index >= 15 is 0 Å². The Morgan fingerprint density at radius 3 is 1.69 bits per heavy atom. The van der Waals surface area contributed by atoms with Crippen molar-refractivity contribution in [3.8, 4) is 0 Å². The molecule has 26 heavy (non-hydrogen) atoms. The average Bonchev–Trinajstić information content (AvgIpc) is 2.46. The number of likely N-dealkylation sites (tertiary alicyclic amines) is 1. The van der Waals surface area contributed by atoms with E-state index in [0.29, 0.717) is 6.10 Å². The Bertz CT molecular complexity index is 340. The standard InChI is InChI=1S/C22H45NO3/c1-21(2,3)19-25-15-11-7-9-13-24-14-10-8-12-16-26-20-17-23(18-20)22(4,5)6/h20H,7-19H2,1-6H3. The topological polar surface area (TPSA) is 30.9 Å². The molecule has 0 aromatic rings. The molecule has 4 nitrogen and oxygen atoms in total. The Balaban J connectivity index is 1.73. The van der Waals surface area contributed by atoms with Gasteiger partial charge in [0.05, 0.1) is 12.7 Å². The Morgan fingerprint density at radius 1 is 0.692 bits per heavy atom. The van der Waals surface area contributed by atoms with Gasteiger partial charge in [0.25, 0.3) is 0 Å². The van der Waals surface area contributed by atoms with Crippen LogP contribution in [0.4, 0.5) is 0 Å². The molecule has 0 amide bonds. The summed E-state index contributed by atoms with van der Waals surface area (Å²) in [5.74, 6) is 0. The van der Waals surface area contributed by atoms with Crippen LogP contribution in [0, 0.1) is 5.41 Å². The molecule has 4 heteroatoms. The molecule has 156 valence electrons. The molecule has 1 aliphatic heterocycles. The summed E-state index contributed by atoms with van der Waals surface area (Å²) in [5, 5.41) is 0.